The number of carbonyl (C=O) groups is 3. The van der Waals surface area contributed by atoms with Gasteiger partial charge in [-0.1, -0.05) is 0 Å². The lowest BCUT2D eigenvalue weighted by atomic mass is 9.74. The second kappa shape index (κ2) is 8.31. The monoisotopic (exact) mass is 449 g/mol. The average Bonchev–Trinajstić information content (AvgIpc) is 3.39. The van der Waals surface area contributed by atoms with E-state index in [0.717, 1.165) is 12.5 Å². The first kappa shape index (κ1) is 21.9. The molecule has 0 radical (unpaired) electrons. The quantitative estimate of drug-likeness (QED) is 0.388. The minimum Gasteiger partial charge on any atom is -0.346 e. The van der Waals surface area contributed by atoms with Gasteiger partial charge in [0.1, 0.15) is 23.3 Å². The van der Waals surface area contributed by atoms with Crippen LogP contribution in [-0.4, -0.2) is 37.6 Å². The van der Waals surface area contributed by atoms with E-state index >= 15 is 0 Å². The Morgan fingerprint density at radius 1 is 1.30 bits per heavy atom. The van der Waals surface area contributed by atoms with E-state index in [1.807, 2.05) is 0 Å². The highest BCUT2D eigenvalue weighted by Crippen LogP contribution is 2.40. The topological polar surface area (TPSA) is 146 Å². The lowest BCUT2D eigenvalue weighted by molar-refractivity contribution is -0.120. The maximum Gasteiger partial charge on any atom is 0.293 e. The van der Waals surface area contributed by atoms with Gasteiger partial charge in [-0.15, -0.1) is 0 Å². The number of benzene rings is 1. The summed E-state index contributed by atoms with van der Waals surface area (Å²) in [5.41, 5.74) is 0.418. The number of nitrogens with one attached hydrogen (secondary N) is 3. The summed E-state index contributed by atoms with van der Waals surface area (Å²) in [4.78, 5) is 38.6. The number of nitrogens with zero attached hydrogens (tertiary/aromatic N) is 4. The van der Waals surface area contributed by atoms with Crippen molar-refractivity contribution in [3.63, 3.8) is 0 Å². The van der Waals surface area contributed by atoms with Gasteiger partial charge in [-0.05, 0) is 49.9 Å². The summed E-state index contributed by atoms with van der Waals surface area (Å²) in [5.74, 6) is -2.83. The normalized spacial score (nSPS) is 14.1. The summed E-state index contributed by atoms with van der Waals surface area (Å²) in [6, 6.07) is 5.33. The van der Waals surface area contributed by atoms with Gasteiger partial charge in [0.15, 0.2) is 0 Å². The minimum atomic E-state index is -0.796. The third-order valence-corrected chi connectivity index (χ3v) is 5.91. The van der Waals surface area contributed by atoms with Crippen molar-refractivity contribution in [1.82, 2.24) is 25.3 Å². The molecule has 3 aromatic rings. The van der Waals surface area contributed by atoms with Crippen LogP contribution in [0.25, 0.3) is 0 Å². The third kappa shape index (κ3) is 3.87. The van der Waals surface area contributed by atoms with E-state index < -0.39 is 29.0 Å². The average molecular weight is 449 g/mol. The number of hydrogen-bond donors (Lipinski definition) is 3. The van der Waals surface area contributed by atoms with Gasteiger partial charge in [0, 0.05) is 24.5 Å². The Hall–Kier alpha value is -4.33. The summed E-state index contributed by atoms with van der Waals surface area (Å²) in [6.07, 6.45) is 5.10. The van der Waals surface area contributed by atoms with Crippen LogP contribution in [0.2, 0.25) is 0 Å². The van der Waals surface area contributed by atoms with E-state index in [9.17, 15) is 18.8 Å². The van der Waals surface area contributed by atoms with Crippen LogP contribution in [0.5, 0.6) is 0 Å². The molecule has 0 spiro atoms. The Balaban J connectivity index is 1.54. The first-order chi connectivity index (χ1) is 15.8. The lowest BCUT2D eigenvalue weighted by Gasteiger charge is -2.40. The van der Waals surface area contributed by atoms with E-state index in [0.29, 0.717) is 24.1 Å². The zero-order valence-corrected chi connectivity index (χ0v) is 17.9. The van der Waals surface area contributed by atoms with Crippen LogP contribution in [-0.2, 0) is 17.4 Å². The van der Waals surface area contributed by atoms with Crippen molar-refractivity contribution in [2.24, 2.45) is 7.05 Å². The summed E-state index contributed by atoms with van der Waals surface area (Å²) >= 11 is 0. The lowest BCUT2D eigenvalue weighted by Crippen LogP contribution is -2.53. The first-order valence-corrected chi connectivity index (χ1v) is 10.2. The van der Waals surface area contributed by atoms with Crippen LogP contribution in [0.1, 0.15) is 56.9 Å². The Morgan fingerprint density at radius 2 is 2.06 bits per heavy atom. The molecule has 2 amide bonds. The number of ketones is 1. The highest BCUT2D eigenvalue weighted by molar-refractivity contribution is 6.43. The Labute approximate surface area is 187 Å². The molecule has 2 aromatic heterocycles. The smallest absolute Gasteiger partial charge is 0.293 e. The molecule has 1 saturated carbocycles. The molecule has 1 fully saturated rings. The molecule has 10 nitrogen and oxygen atoms in total. The number of hydrogen-bond acceptors (Lipinski definition) is 6. The molecule has 1 aliphatic rings. The number of amides is 2. The minimum absolute atomic E-state index is 0.0894. The molecule has 0 atom stereocenters. The highest BCUT2D eigenvalue weighted by atomic mass is 19.1. The number of aromatic amines is 1. The Kier molecular flexibility index (Phi) is 5.51. The summed E-state index contributed by atoms with van der Waals surface area (Å²) in [6.45, 7) is 1.57. The number of nitriles is 1. The third-order valence-electron chi connectivity index (χ3n) is 5.91. The van der Waals surface area contributed by atoms with Crippen molar-refractivity contribution in [3.05, 3.63) is 64.5 Å². The standard InChI is InChI=1S/C22H20FN7O3/c1-12-15(19(31)21(33)27-22(6-3-7-22)17-10-25-29-28-17)11-30(2)18(12)20(32)26-14-4-5-16(23)13(8-14)9-24/h4-5,8,10-11H,3,6-7H2,1-2H3,(H,26,32)(H,27,33)(H,25,28,29). The molecular formula is C22H20FN7O3. The number of halogens is 1. The van der Waals surface area contributed by atoms with E-state index in [4.69, 9.17) is 5.26 Å². The van der Waals surface area contributed by atoms with Crippen molar-refractivity contribution in [3.8, 4) is 6.07 Å². The molecule has 0 unspecified atom stereocenters. The fraction of sp³-hybridized carbons (Fsp3) is 0.273. The predicted octanol–water partition coefficient (Wildman–Crippen LogP) is 2.09. The number of anilines is 1. The van der Waals surface area contributed by atoms with Crippen molar-refractivity contribution in [2.75, 3.05) is 5.32 Å². The number of rotatable bonds is 6. The largest absolute Gasteiger partial charge is 0.346 e. The van der Waals surface area contributed by atoms with Crippen molar-refractivity contribution < 1.29 is 18.8 Å². The number of aromatic nitrogens is 4. The maximum atomic E-state index is 13.5. The molecule has 2 heterocycles. The van der Waals surface area contributed by atoms with E-state index in [1.165, 1.54) is 29.1 Å². The molecule has 0 saturated heterocycles. The molecule has 1 aliphatic carbocycles. The van der Waals surface area contributed by atoms with Crippen molar-refractivity contribution in [2.45, 2.75) is 31.7 Å². The van der Waals surface area contributed by atoms with Crippen LogP contribution in [0, 0.1) is 24.1 Å². The molecule has 0 bridgehead atoms. The van der Waals surface area contributed by atoms with Crippen LogP contribution in [0.3, 0.4) is 0 Å². The van der Waals surface area contributed by atoms with Crippen molar-refractivity contribution >= 4 is 23.3 Å². The number of H-pyrrole nitrogens is 1. The first-order valence-electron chi connectivity index (χ1n) is 10.2. The summed E-state index contributed by atoms with van der Waals surface area (Å²) < 4.78 is 15.0. The number of carbonyl (C=O) groups excluding carboxylic acids is 3. The van der Waals surface area contributed by atoms with Gasteiger partial charge in [0.05, 0.1) is 17.3 Å². The molecular weight excluding hydrogens is 429 g/mol. The fourth-order valence-corrected chi connectivity index (χ4v) is 3.99. The highest BCUT2D eigenvalue weighted by Gasteiger charge is 2.43. The maximum absolute atomic E-state index is 13.5. The zero-order chi connectivity index (χ0) is 23.8. The molecule has 0 aliphatic heterocycles. The van der Waals surface area contributed by atoms with Gasteiger partial charge < -0.3 is 15.2 Å². The van der Waals surface area contributed by atoms with Gasteiger partial charge in [0.25, 0.3) is 17.6 Å². The van der Waals surface area contributed by atoms with Crippen LogP contribution in [0.15, 0.2) is 30.6 Å². The Bertz CT molecular complexity index is 1300. The second-order valence-electron chi connectivity index (χ2n) is 7.96. The molecule has 3 N–H and O–H groups in total. The number of Topliss-reactive ketones (excluding diaryl/α,β-unsaturated/α-hetero) is 1. The molecule has 168 valence electrons. The van der Waals surface area contributed by atoms with Crippen LogP contribution < -0.4 is 10.6 Å². The molecule has 11 heteroatoms. The zero-order valence-electron chi connectivity index (χ0n) is 17.9. The Morgan fingerprint density at radius 3 is 2.67 bits per heavy atom. The van der Waals surface area contributed by atoms with E-state index in [1.54, 1.807) is 20.0 Å². The van der Waals surface area contributed by atoms with Crippen LogP contribution in [0.4, 0.5) is 10.1 Å². The van der Waals surface area contributed by atoms with Gasteiger partial charge in [-0.25, -0.2) is 4.39 Å². The molecule has 1 aromatic carbocycles. The SMILES string of the molecule is Cc1c(C(=O)C(=O)NC2(c3cn[nH]n3)CCC2)cn(C)c1C(=O)Nc1ccc(F)c(C#N)c1. The van der Waals surface area contributed by atoms with E-state index in [-0.39, 0.29) is 22.5 Å². The summed E-state index contributed by atoms with van der Waals surface area (Å²) in [5, 5.41) is 24.7. The van der Waals surface area contributed by atoms with Crippen molar-refractivity contribution in [1.29, 1.82) is 5.26 Å². The van der Waals surface area contributed by atoms with Gasteiger partial charge >= 0.3 is 0 Å². The van der Waals surface area contributed by atoms with Gasteiger partial charge in [0.2, 0.25) is 0 Å². The van der Waals surface area contributed by atoms with Gasteiger partial charge in [-0.2, -0.15) is 20.7 Å². The van der Waals surface area contributed by atoms with Gasteiger partial charge in [-0.3, -0.25) is 14.4 Å². The van der Waals surface area contributed by atoms with Crippen LogP contribution >= 0.6 is 0 Å². The molecule has 33 heavy (non-hydrogen) atoms. The fourth-order valence-electron chi connectivity index (χ4n) is 3.99. The van der Waals surface area contributed by atoms with E-state index in [2.05, 4.69) is 26.0 Å². The molecule has 4 rings (SSSR count). The summed E-state index contributed by atoms with van der Waals surface area (Å²) in [7, 11) is 1.57. The predicted molar refractivity (Wildman–Crippen MR) is 114 cm³/mol. The number of aryl methyl sites for hydroxylation is 1. The second-order valence-corrected chi connectivity index (χ2v) is 7.96.